The van der Waals surface area contributed by atoms with Crippen molar-refractivity contribution < 1.29 is 4.39 Å². The second-order valence-electron chi connectivity index (χ2n) is 5.86. The molecular weight excluding hydrogens is 289 g/mol. The van der Waals surface area contributed by atoms with Gasteiger partial charge in [0.15, 0.2) is 5.96 Å². The molecule has 3 rings (SSSR count). The number of nitrogens with one attached hydrogen (secondary N) is 2. The third kappa shape index (κ3) is 3.89. The van der Waals surface area contributed by atoms with Gasteiger partial charge in [-0.25, -0.2) is 4.39 Å². The van der Waals surface area contributed by atoms with E-state index in [4.69, 9.17) is 0 Å². The summed E-state index contributed by atoms with van der Waals surface area (Å²) in [6.07, 6.45) is 1.90. The molecular formula is C19H22FN3. The second kappa shape index (κ2) is 7.27. The van der Waals surface area contributed by atoms with Gasteiger partial charge in [-0.15, -0.1) is 0 Å². The average Bonchev–Trinajstić information content (AvgIpc) is 2.54. The van der Waals surface area contributed by atoms with Gasteiger partial charge >= 0.3 is 0 Å². The molecule has 2 aromatic rings. The van der Waals surface area contributed by atoms with Crippen LogP contribution in [0.15, 0.2) is 53.5 Å². The van der Waals surface area contributed by atoms with Gasteiger partial charge in [0, 0.05) is 26.1 Å². The summed E-state index contributed by atoms with van der Waals surface area (Å²) in [5, 5.41) is 6.66. The molecule has 120 valence electrons. The maximum atomic E-state index is 13.1. The summed E-state index contributed by atoms with van der Waals surface area (Å²) in [6, 6.07) is 15.3. The van der Waals surface area contributed by atoms with E-state index in [-0.39, 0.29) is 5.82 Å². The Morgan fingerprint density at radius 1 is 1.17 bits per heavy atom. The number of aliphatic imine (C=N–C) groups is 1. The minimum atomic E-state index is -0.186. The van der Waals surface area contributed by atoms with Crippen molar-refractivity contribution in [1.29, 1.82) is 0 Å². The average molecular weight is 311 g/mol. The Morgan fingerprint density at radius 2 is 2.04 bits per heavy atom. The van der Waals surface area contributed by atoms with Crippen molar-refractivity contribution in [1.82, 2.24) is 10.6 Å². The minimum absolute atomic E-state index is 0.186. The van der Waals surface area contributed by atoms with Crippen LogP contribution >= 0.6 is 0 Å². The van der Waals surface area contributed by atoms with E-state index in [1.54, 1.807) is 19.2 Å². The van der Waals surface area contributed by atoms with Gasteiger partial charge in [-0.1, -0.05) is 36.4 Å². The van der Waals surface area contributed by atoms with Crippen LogP contribution in [0.25, 0.3) is 0 Å². The normalized spacial score (nSPS) is 16.4. The highest BCUT2D eigenvalue weighted by Gasteiger charge is 2.25. The van der Waals surface area contributed by atoms with Gasteiger partial charge in [0.2, 0.25) is 0 Å². The number of benzene rings is 2. The molecule has 2 N–H and O–H groups in total. The van der Waals surface area contributed by atoms with Crippen molar-refractivity contribution in [3.05, 3.63) is 71.0 Å². The monoisotopic (exact) mass is 311 g/mol. The van der Waals surface area contributed by atoms with Crippen molar-refractivity contribution in [3.8, 4) is 0 Å². The highest BCUT2D eigenvalue weighted by Crippen LogP contribution is 2.33. The van der Waals surface area contributed by atoms with E-state index >= 15 is 0 Å². The van der Waals surface area contributed by atoms with E-state index in [0.717, 1.165) is 37.5 Å². The predicted octanol–water partition coefficient (Wildman–Crippen LogP) is 2.87. The molecule has 0 fully saturated rings. The highest BCUT2D eigenvalue weighted by molar-refractivity contribution is 5.79. The van der Waals surface area contributed by atoms with Crippen LogP contribution in [0.3, 0.4) is 0 Å². The first-order valence-corrected chi connectivity index (χ1v) is 8.03. The Kier molecular flexibility index (Phi) is 4.91. The summed E-state index contributed by atoms with van der Waals surface area (Å²) < 4.78 is 13.1. The molecule has 1 unspecified atom stereocenters. The number of rotatable bonds is 5. The Morgan fingerprint density at radius 3 is 2.83 bits per heavy atom. The van der Waals surface area contributed by atoms with E-state index in [1.165, 1.54) is 17.2 Å². The van der Waals surface area contributed by atoms with Gasteiger partial charge in [0.1, 0.15) is 5.82 Å². The topological polar surface area (TPSA) is 36.4 Å². The predicted molar refractivity (Wildman–Crippen MR) is 92.4 cm³/mol. The van der Waals surface area contributed by atoms with Crippen molar-refractivity contribution in [2.75, 3.05) is 20.1 Å². The first-order chi connectivity index (χ1) is 11.3. The summed E-state index contributed by atoms with van der Waals surface area (Å²) >= 11 is 0. The first-order valence-electron chi connectivity index (χ1n) is 8.03. The van der Waals surface area contributed by atoms with E-state index in [9.17, 15) is 4.39 Å². The zero-order valence-electron chi connectivity index (χ0n) is 13.3. The Labute approximate surface area is 136 Å². The molecule has 0 spiro atoms. The number of guanidine groups is 1. The summed E-state index contributed by atoms with van der Waals surface area (Å²) in [7, 11) is 1.77. The third-order valence-corrected chi connectivity index (χ3v) is 4.30. The van der Waals surface area contributed by atoms with Crippen LogP contribution in [0.5, 0.6) is 0 Å². The fourth-order valence-corrected chi connectivity index (χ4v) is 3.00. The molecule has 1 aliphatic carbocycles. The molecule has 0 radical (unpaired) electrons. The van der Waals surface area contributed by atoms with Crippen molar-refractivity contribution >= 4 is 5.96 Å². The van der Waals surface area contributed by atoms with E-state index in [2.05, 4.69) is 39.9 Å². The molecule has 0 aromatic heterocycles. The molecule has 4 heteroatoms. The Bertz CT molecular complexity index is 697. The van der Waals surface area contributed by atoms with Gasteiger partial charge < -0.3 is 10.6 Å². The zero-order valence-corrected chi connectivity index (χ0v) is 13.3. The standard InChI is InChI=1S/C19H22FN3/c1-21-19(22-10-9-14-5-4-7-17(20)11-14)23-13-16-12-15-6-2-3-8-18(15)16/h2-8,11,16H,9-10,12-13H2,1H3,(H2,21,22,23). The molecule has 0 heterocycles. The summed E-state index contributed by atoms with van der Waals surface area (Å²) in [4.78, 5) is 4.24. The summed E-state index contributed by atoms with van der Waals surface area (Å²) in [5.74, 6) is 1.17. The van der Waals surface area contributed by atoms with Crippen molar-refractivity contribution in [3.63, 3.8) is 0 Å². The lowest BCUT2D eigenvalue weighted by atomic mass is 9.78. The molecule has 23 heavy (non-hydrogen) atoms. The molecule has 2 aromatic carbocycles. The third-order valence-electron chi connectivity index (χ3n) is 4.30. The van der Waals surface area contributed by atoms with Gasteiger partial charge in [-0.2, -0.15) is 0 Å². The quantitative estimate of drug-likeness (QED) is 0.658. The number of fused-ring (bicyclic) bond motifs is 1. The first kappa shape index (κ1) is 15.5. The van der Waals surface area contributed by atoms with Crippen LogP contribution in [0, 0.1) is 5.82 Å². The molecule has 0 aliphatic heterocycles. The van der Waals surface area contributed by atoms with Crippen LogP contribution in [0.4, 0.5) is 4.39 Å². The lowest BCUT2D eigenvalue weighted by Gasteiger charge is -2.30. The summed E-state index contributed by atoms with van der Waals surface area (Å²) in [6.45, 7) is 1.61. The fourth-order valence-electron chi connectivity index (χ4n) is 3.00. The van der Waals surface area contributed by atoms with Crippen LogP contribution in [0.2, 0.25) is 0 Å². The number of hydrogen-bond donors (Lipinski definition) is 2. The van der Waals surface area contributed by atoms with E-state index < -0.39 is 0 Å². The smallest absolute Gasteiger partial charge is 0.191 e. The van der Waals surface area contributed by atoms with Crippen molar-refractivity contribution in [2.45, 2.75) is 18.8 Å². The molecule has 1 atom stereocenters. The maximum absolute atomic E-state index is 13.1. The number of halogens is 1. The van der Waals surface area contributed by atoms with E-state index in [1.807, 2.05) is 6.07 Å². The van der Waals surface area contributed by atoms with Crippen LogP contribution in [0.1, 0.15) is 22.6 Å². The Balaban J connectivity index is 1.43. The number of hydrogen-bond acceptors (Lipinski definition) is 1. The van der Waals surface area contributed by atoms with Gasteiger partial charge in [-0.3, -0.25) is 4.99 Å². The fraction of sp³-hybridized carbons (Fsp3) is 0.316. The molecule has 0 amide bonds. The molecule has 3 nitrogen and oxygen atoms in total. The molecule has 0 saturated heterocycles. The highest BCUT2D eigenvalue weighted by atomic mass is 19.1. The van der Waals surface area contributed by atoms with Gasteiger partial charge in [-0.05, 0) is 41.7 Å². The molecule has 1 aliphatic rings. The van der Waals surface area contributed by atoms with Crippen LogP contribution in [-0.2, 0) is 12.8 Å². The number of nitrogens with zero attached hydrogens (tertiary/aromatic N) is 1. The lowest BCUT2D eigenvalue weighted by Crippen LogP contribution is -2.41. The lowest BCUT2D eigenvalue weighted by molar-refractivity contribution is 0.584. The largest absolute Gasteiger partial charge is 0.356 e. The molecule has 0 saturated carbocycles. The van der Waals surface area contributed by atoms with Gasteiger partial charge in [0.25, 0.3) is 0 Å². The molecule has 0 bridgehead atoms. The zero-order chi connectivity index (χ0) is 16.1. The van der Waals surface area contributed by atoms with Gasteiger partial charge in [0.05, 0.1) is 0 Å². The van der Waals surface area contributed by atoms with Crippen LogP contribution in [-0.4, -0.2) is 26.1 Å². The Hall–Kier alpha value is -2.36. The van der Waals surface area contributed by atoms with Crippen LogP contribution < -0.4 is 10.6 Å². The minimum Gasteiger partial charge on any atom is -0.356 e. The second-order valence-corrected chi connectivity index (χ2v) is 5.86. The van der Waals surface area contributed by atoms with E-state index in [0.29, 0.717) is 5.92 Å². The maximum Gasteiger partial charge on any atom is 0.191 e. The SMILES string of the molecule is CN=C(NCCc1cccc(F)c1)NCC1Cc2ccccc21. The van der Waals surface area contributed by atoms with Crippen molar-refractivity contribution in [2.24, 2.45) is 4.99 Å². The summed E-state index contributed by atoms with van der Waals surface area (Å²) in [5.41, 5.74) is 3.88.